The number of carbonyl (C=O) groups is 1. The molecular weight excluding hydrogens is 232 g/mol. The lowest BCUT2D eigenvalue weighted by Gasteiger charge is -2.21. The summed E-state index contributed by atoms with van der Waals surface area (Å²) in [5, 5.41) is 3.05. The van der Waals surface area contributed by atoms with Gasteiger partial charge in [0.2, 0.25) is 5.91 Å². The summed E-state index contributed by atoms with van der Waals surface area (Å²) < 4.78 is 0. The van der Waals surface area contributed by atoms with Crippen molar-refractivity contribution in [3.05, 3.63) is 11.9 Å². The molecule has 0 radical (unpaired) electrons. The lowest BCUT2D eigenvalue weighted by molar-refractivity contribution is -0.119. The lowest BCUT2D eigenvalue weighted by atomic mass is 10.0. The van der Waals surface area contributed by atoms with Crippen molar-refractivity contribution < 1.29 is 4.79 Å². The van der Waals surface area contributed by atoms with Crippen LogP contribution in [0, 0.1) is 5.92 Å². The van der Waals surface area contributed by atoms with E-state index >= 15 is 0 Å². The van der Waals surface area contributed by atoms with Crippen molar-refractivity contribution in [2.45, 2.75) is 33.2 Å². The highest BCUT2D eigenvalue weighted by molar-refractivity contribution is 5.83. The fraction of sp³-hybridized carbons (Fsp3) is 0.545. The van der Waals surface area contributed by atoms with Gasteiger partial charge < -0.3 is 16.5 Å². The summed E-state index contributed by atoms with van der Waals surface area (Å²) in [6.45, 7) is 5.79. The number of nitrogen functional groups attached to an aromatic ring is 1. The SMILES string of the molecule is CCc1c(NN)ncnc1NC(C(N)=O)C(C)C. The molecule has 0 spiro atoms. The number of carbonyl (C=O) groups excluding carboxylic acids is 1. The molecule has 0 aromatic carbocycles. The van der Waals surface area contributed by atoms with Crippen LogP contribution in [-0.2, 0) is 11.2 Å². The van der Waals surface area contributed by atoms with Crippen molar-refractivity contribution in [2.24, 2.45) is 17.5 Å². The number of hydrogen-bond acceptors (Lipinski definition) is 6. The van der Waals surface area contributed by atoms with Crippen LogP contribution in [0.2, 0.25) is 0 Å². The Kier molecular flexibility index (Phi) is 4.85. The monoisotopic (exact) mass is 252 g/mol. The Bertz CT molecular complexity index is 420. The van der Waals surface area contributed by atoms with Crippen LogP contribution in [0.15, 0.2) is 6.33 Å². The number of nitrogens with one attached hydrogen (secondary N) is 2. The van der Waals surface area contributed by atoms with Crippen LogP contribution in [0.5, 0.6) is 0 Å². The maximum Gasteiger partial charge on any atom is 0.240 e. The first-order valence-corrected chi connectivity index (χ1v) is 5.87. The van der Waals surface area contributed by atoms with Crippen molar-refractivity contribution >= 4 is 17.5 Å². The number of anilines is 2. The van der Waals surface area contributed by atoms with Gasteiger partial charge in [-0.25, -0.2) is 15.8 Å². The molecule has 0 aliphatic heterocycles. The smallest absolute Gasteiger partial charge is 0.240 e. The molecule has 0 saturated carbocycles. The van der Waals surface area contributed by atoms with Gasteiger partial charge in [0.25, 0.3) is 0 Å². The average Bonchev–Trinajstić information content (AvgIpc) is 2.34. The molecule has 1 rings (SSSR count). The van der Waals surface area contributed by atoms with Crippen LogP contribution in [0.3, 0.4) is 0 Å². The van der Waals surface area contributed by atoms with Crippen LogP contribution in [-0.4, -0.2) is 21.9 Å². The zero-order valence-electron chi connectivity index (χ0n) is 10.9. The van der Waals surface area contributed by atoms with Crippen LogP contribution in [0.4, 0.5) is 11.6 Å². The normalized spacial score (nSPS) is 12.3. The first-order chi connectivity index (χ1) is 8.51. The maximum atomic E-state index is 11.4. The predicted molar refractivity (Wildman–Crippen MR) is 70.7 cm³/mol. The summed E-state index contributed by atoms with van der Waals surface area (Å²) in [5.41, 5.74) is 8.70. The Labute approximate surface area is 106 Å². The van der Waals surface area contributed by atoms with E-state index in [1.807, 2.05) is 20.8 Å². The molecule has 0 bridgehead atoms. The molecule has 7 nitrogen and oxygen atoms in total. The van der Waals surface area contributed by atoms with Gasteiger partial charge in [-0.2, -0.15) is 0 Å². The summed E-state index contributed by atoms with van der Waals surface area (Å²) in [7, 11) is 0. The van der Waals surface area contributed by atoms with E-state index < -0.39 is 11.9 Å². The van der Waals surface area contributed by atoms with Gasteiger partial charge >= 0.3 is 0 Å². The molecule has 6 N–H and O–H groups in total. The summed E-state index contributed by atoms with van der Waals surface area (Å²) >= 11 is 0. The third-order valence-corrected chi connectivity index (χ3v) is 2.70. The van der Waals surface area contributed by atoms with E-state index in [9.17, 15) is 4.79 Å². The summed E-state index contributed by atoms with van der Waals surface area (Å²) in [4.78, 5) is 19.5. The fourth-order valence-electron chi connectivity index (χ4n) is 1.71. The van der Waals surface area contributed by atoms with E-state index in [1.165, 1.54) is 6.33 Å². The number of nitrogens with two attached hydrogens (primary N) is 2. The maximum absolute atomic E-state index is 11.4. The zero-order chi connectivity index (χ0) is 13.7. The van der Waals surface area contributed by atoms with Crippen LogP contribution < -0.4 is 22.3 Å². The standard InChI is InChI=1S/C11H20N6O/c1-4-7-10(14-5-15-11(7)17-13)16-8(6(2)3)9(12)18/h5-6,8H,4,13H2,1-3H3,(H2,12,18)(H2,14,15,16,17). The molecular formula is C11H20N6O. The second-order valence-corrected chi connectivity index (χ2v) is 4.32. The van der Waals surface area contributed by atoms with Gasteiger partial charge in [-0.1, -0.05) is 20.8 Å². The first-order valence-electron chi connectivity index (χ1n) is 5.87. The Morgan fingerprint density at radius 3 is 2.44 bits per heavy atom. The average molecular weight is 252 g/mol. The van der Waals surface area contributed by atoms with Crippen molar-refractivity contribution in [1.82, 2.24) is 9.97 Å². The third-order valence-electron chi connectivity index (χ3n) is 2.70. The van der Waals surface area contributed by atoms with Crippen molar-refractivity contribution in [3.8, 4) is 0 Å². The molecule has 1 heterocycles. The van der Waals surface area contributed by atoms with Crippen LogP contribution in [0.1, 0.15) is 26.3 Å². The molecule has 100 valence electrons. The Morgan fingerprint density at radius 1 is 1.39 bits per heavy atom. The lowest BCUT2D eigenvalue weighted by Crippen LogP contribution is -2.40. The second-order valence-electron chi connectivity index (χ2n) is 4.32. The van der Waals surface area contributed by atoms with Crippen molar-refractivity contribution in [1.29, 1.82) is 0 Å². The third kappa shape index (κ3) is 3.07. The highest BCUT2D eigenvalue weighted by Gasteiger charge is 2.21. The molecule has 1 unspecified atom stereocenters. The fourth-order valence-corrected chi connectivity index (χ4v) is 1.71. The zero-order valence-corrected chi connectivity index (χ0v) is 10.9. The molecule has 1 amide bonds. The summed E-state index contributed by atoms with van der Waals surface area (Å²) in [5.74, 6) is 6.17. The van der Waals surface area contributed by atoms with Gasteiger partial charge in [0.15, 0.2) is 0 Å². The first kappa shape index (κ1) is 14.2. The minimum absolute atomic E-state index is 0.0662. The van der Waals surface area contributed by atoms with Gasteiger partial charge in [0.1, 0.15) is 24.0 Å². The molecule has 0 saturated heterocycles. The summed E-state index contributed by atoms with van der Waals surface area (Å²) in [6, 6.07) is -0.476. The van der Waals surface area contributed by atoms with Gasteiger partial charge in [-0.3, -0.25) is 4.79 Å². The van der Waals surface area contributed by atoms with E-state index in [4.69, 9.17) is 11.6 Å². The number of aromatic nitrogens is 2. The summed E-state index contributed by atoms with van der Waals surface area (Å²) in [6.07, 6.45) is 2.07. The second kappa shape index (κ2) is 6.15. The molecule has 1 atom stereocenters. The van der Waals surface area contributed by atoms with Crippen molar-refractivity contribution in [3.63, 3.8) is 0 Å². The van der Waals surface area contributed by atoms with E-state index in [0.717, 1.165) is 5.56 Å². The number of hydrogen-bond donors (Lipinski definition) is 4. The van der Waals surface area contributed by atoms with Gasteiger partial charge in [0.05, 0.1) is 0 Å². The molecule has 1 aromatic heterocycles. The Balaban J connectivity index is 3.06. The molecule has 0 aliphatic rings. The quantitative estimate of drug-likeness (QED) is 0.425. The Morgan fingerprint density at radius 2 is 2.00 bits per heavy atom. The van der Waals surface area contributed by atoms with Crippen molar-refractivity contribution in [2.75, 3.05) is 10.7 Å². The molecule has 7 heteroatoms. The number of amides is 1. The predicted octanol–water partition coefficient (Wildman–Crippen LogP) is 0.246. The molecule has 0 aliphatic carbocycles. The Hall–Kier alpha value is -1.89. The molecule has 1 aromatic rings. The highest BCUT2D eigenvalue weighted by atomic mass is 16.1. The minimum Gasteiger partial charge on any atom is -0.368 e. The number of nitrogens with zero attached hydrogens (tertiary/aromatic N) is 2. The van der Waals surface area contributed by atoms with Gasteiger partial charge in [0, 0.05) is 5.56 Å². The van der Waals surface area contributed by atoms with E-state index in [0.29, 0.717) is 18.1 Å². The largest absolute Gasteiger partial charge is 0.368 e. The van der Waals surface area contributed by atoms with Gasteiger partial charge in [-0.15, -0.1) is 0 Å². The number of rotatable bonds is 6. The topological polar surface area (TPSA) is 119 Å². The highest BCUT2D eigenvalue weighted by Crippen LogP contribution is 2.21. The number of hydrazine groups is 1. The van der Waals surface area contributed by atoms with E-state index in [2.05, 4.69) is 20.7 Å². The van der Waals surface area contributed by atoms with E-state index in [-0.39, 0.29) is 5.92 Å². The van der Waals surface area contributed by atoms with E-state index in [1.54, 1.807) is 0 Å². The van der Waals surface area contributed by atoms with Crippen LogP contribution in [0.25, 0.3) is 0 Å². The van der Waals surface area contributed by atoms with Crippen LogP contribution >= 0.6 is 0 Å². The minimum atomic E-state index is -0.476. The molecule has 0 fully saturated rings. The number of primary amides is 1. The molecule has 18 heavy (non-hydrogen) atoms. The van der Waals surface area contributed by atoms with Gasteiger partial charge in [-0.05, 0) is 12.3 Å².